The fraction of sp³-hybridized carbons (Fsp3) is 1.00. The molecule has 10 atom stereocenters. The maximum atomic E-state index is 13.4. The van der Waals surface area contributed by atoms with Crippen molar-refractivity contribution in [3.63, 3.8) is 0 Å². The summed E-state index contributed by atoms with van der Waals surface area (Å²) in [6, 6.07) is 0. The van der Waals surface area contributed by atoms with Crippen LogP contribution in [0.4, 0.5) is 52.7 Å². The molecule has 0 aromatic carbocycles. The zero-order valence-electron chi connectivity index (χ0n) is 15.3. The van der Waals surface area contributed by atoms with Crippen molar-refractivity contribution in [3.05, 3.63) is 0 Å². The van der Waals surface area contributed by atoms with Gasteiger partial charge >= 0.3 is 18.9 Å². The molecule has 0 aliphatic rings. The average Bonchev–Trinajstić information content (AvgIpc) is 2.60. The predicted molar refractivity (Wildman–Crippen MR) is 72.5 cm³/mol. The first kappa shape index (κ1) is 30.9. The van der Waals surface area contributed by atoms with Gasteiger partial charge in [0.2, 0.25) is 0 Å². The van der Waals surface area contributed by atoms with Gasteiger partial charge in [-0.05, 0) is 0 Å². The Morgan fingerprint density at radius 2 is 0.793 bits per heavy atom. The third-order valence-electron chi connectivity index (χ3n) is 3.39. The summed E-state index contributed by atoms with van der Waals surface area (Å²) in [5.74, 6) is -2.11. The van der Waals surface area contributed by atoms with Crippen LogP contribution in [0.1, 0.15) is 1.43 Å². The molecular formula is C12H15F12LiO3S. The van der Waals surface area contributed by atoms with E-state index in [4.69, 9.17) is 4.55 Å². The van der Waals surface area contributed by atoms with Gasteiger partial charge in [-0.25, -0.2) is 52.7 Å². The third-order valence-corrected chi connectivity index (χ3v) is 4.13. The molecule has 0 radical (unpaired) electrons. The molecule has 172 valence electrons. The molecule has 1 N–H and O–H groups in total. The second-order valence-corrected chi connectivity index (χ2v) is 7.10. The van der Waals surface area contributed by atoms with Crippen molar-refractivity contribution in [1.82, 2.24) is 0 Å². The summed E-state index contributed by atoms with van der Waals surface area (Å²) in [7, 11) is -5.23. The summed E-state index contributed by atoms with van der Waals surface area (Å²) in [5, 5.41) is 0. The molecule has 0 spiro atoms. The van der Waals surface area contributed by atoms with Crippen LogP contribution in [-0.2, 0) is 10.1 Å². The molecule has 0 amide bonds. The van der Waals surface area contributed by atoms with Gasteiger partial charge in [0.15, 0.2) is 61.7 Å². The summed E-state index contributed by atoms with van der Waals surface area (Å²) < 4.78 is 184. The first-order valence-electron chi connectivity index (χ1n) is 7.16. The van der Waals surface area contributed by atoms with Crippen molar-refractivity contribution in [2.75, 3.05) is 5.75 Å². The molecule has 0 aromatic rings. The van der Waals surface area contributed by atoms with Gasteiger partial charge in [0.25, 0.3) is 16.5 Å². The quantitative estimate of drug-likeness (QED) is 0.257. The van der Waals surface area contributed by atoms with E-state index in [1.807, 2.05) is 0 Å². The van der Waals surface area contributed by atoms with Crippen LogP contribution in [0.2, 0.25) is 0 Å². The van der Waals surface area contributed by atoms with Gasteiger partial charge in [0.05, 0.1) is 0 Å². The Morgan fingerprint density at radius 1 is 0.552 bits per heavy atom. The Morgan fingerprint density at radius 3 is 1.03 bits per heavy atom. The molecule has 0 saturated carbocycles. The minimum Gasteiger partial charge on any atom is -1.00 e. The van der Waals surface area contributed by atoms with Crippen molar-refractivity contribution < 1.29 is 85.9 Å². The summed E-state index contributed by atoms with van der Waals surface area (Å²) in [4.78, 5) is 0. The SMILES string of the molecule is O=S(=O)(O)CC(F)C(F)C(F)C(F)C(F)C(F)C(F)C(F)C(F)C(F)C(F)F.[H-].[Li+]. The molecule has 0 aliphatic heterocycles. The minimum absolute atomic E-state index is 0. The fourth-order valence-corrected chi connectivity index (χ4v) is 2.45. The molecule has 0 heterocycles. The van der Waals surface area contributed by atoms with Crippen LogP contribution in [0.25, 0.3) is 0 Å². The number of hydrogen-bond acceptors (Lipinski definition) is 2. The second kappa shape index (κ2) is 12.5. The first-order chi connectivity index (χ1) is 12.5. The molecule has 17 heteroatoms. The minimum atomic E-state index is -5.23. The molecule has 0 saturated heterocycles. The van der Waals surface area contributed by atoms with E-state index in [-0.39, 0.29) is 20.3 Å². The number of hydrogen-bond donors (Lipinski definition) is 1. The summed E-state index contributed by atoms with van der Waals surface area (Å²) in [5.41, 5.74) is 0. The van der Waals surface area contributed by atoms with E-state index in [1.54, 1.807) is 0 Å². The largest absolute Gasteiger partial charge is 1.00 e. The molecule has 0 aromatic heterocycles. The summed E-state index contributed by atoms with van der Waals surface area (Å²) >= 11 is 0. The maximum Gasteiger partial charge on any atom is 1.00 e. The fourth-order valence-electron chi connectivity index (χ4n) is 1.86. The van der Waals surface area contributed by atoms with Gasteiger partial charge in [-0.1, -0.05) is 0 Å². The Kier molecular flexibility index (Phi) is 13.3. The van der Waals surface area contributed by atoms with E-state index in [0.29, 0.717) is 0 Å². The van der Waals surface area contributed by atoms with E-state index in [2.05, 4.69) is 0 Å². The molecule has 0 bridgehead atoms. The Balaban J connectivity index is -0.00000364. The normalized spacial score (nSPS) is 23.1. The number of halogens is 12. The smallest absolute Gasteiger partial charge is 1.00 e. The Bertz CT molecular complexity index is 579. The molecule has 0 rings (SSSR count). The average molecular weight is 474 g/mol. The zero-order valence-corrected chi connectivity index (χ0v) is 15.1. The zero-order chi connectivity index (χ0) is 22.6. The molecule has 3 nitrogen and oxygen atoms in total. The topological polar surface area (TPSA) is 54.4 Å². The van der Waals surface area contributed by atoms with Crippen molar-refractivity contribution in [2.24, 2.45) is 0 Å². The van der Waals surface area contributed by atoms with Gasteiger partial charge in [0, 0.05) is 0 Å². The van der Waals surface area contributed by atoms with E-state index < -0.39 is 84.0 Å². The van der Waals surface area contributed by atoms with Crippen LogP contribution in [0, 0.1) is 0 Å². The summed E-state index contributed by atoms with van der Waals surface area (Å²) in [6.07, 6.45) is -44.1. The molecule has 0 fully saturated rings. The van der Waals surface area contributed by atoms with Crippen molar-refractivity contribution in [1.29, 1.82) is 0 Å². The molecule has 0 aliphatic carbocycles. The summed E-state index contributed by atoms with van der Waals surface area (Å²) in [6.45, 7) is 0. The maximum absolute atomic E-state index is 13.4. The predicted octanol–water partition coefficient (Wildman–Crippen LogP) is 0.637. The monoisotopic (exact) mass is 474 g/mol. The van der Waals surface area contributed by atoms with Crippen LogP contribution >= 0.6 is 0 Å². The van der Waals surface area contributed by atoms with Gasteiger partial charge < -0.3 is 1.43 Å². The van der Waals surface area contributed by atoms with E-state index in [1.165, 1.54) is 0 Å². The number of rotatable bonds is 12. The van der Waals surface area contributed by atoms with Crippen molar-refractivity contribution >= 4 is 10.1 Å². The van der Waals surface area contributed by atoms with Gasteiger partial charge in [-0.3, -0.25) is 4.55 Å². The van der Waals surface area contributed by atoms with E-state index in [0.717, 1.165) is 0 Å². The van der Waals surface area contributed by atoms with Crippen LogP contribution in [-0.4, -0.2) is 86.9 Å². The third kappa shape index (κ3) is 9.14. The standard InChI is InChI=1S/C12H14F12O3S.Li.H/c13-2(1-28(25,26)27)3(14)4(15)5(16)6(17)7(18)8(19)9(20)10(21)11(22)12(23)24;;/h2-12H,1H2,(H,25,26,27);;/q;+1;-1. The van der Waals surface area contributed by atoms with Gasteiger partial charge in [-0.15, -0.1) is 0 Å². The molecule has 29 heavy (non-hydrogen) atoms. The Hall–Kier alpha value is -0.333. The Labute approximate surface area is 170 Å². The van der Waals surface area contributed by atoms with Crippen LogP contribution < -0.4 is 18.9 Å². The van der Waals surface area contributed by atoms with Crippen LogP contribution in [0.5, 0.6) is 0 Å². The van der Waals surface area contributed by atoms with Gasteiger partial charge in [-0.2, -0.15) is 8.42 Å². The molecular weight excluding hydrogens is 459 g/mol. The van der Waals surface area contributed by atoms with E-state index >= 15 is 0 Å². The van der Waals surface area contributed by atoms with Crippen LogP contribution in [0.15, 0.2) is 0 Å². The first-order valence-corrected chi connectivity index (χ1v) is 8.77. The van der Waals surface area contributed by atoms with Crippen molar-refractivity contribution in [2.45, 2.75) is 68.1 Å². The number of alkyl halides is 12. The van der Waals surface area contributed by atoms with Crippen molar-refractivity contribution in [3.8, 4) is 0 Å². The van der Waals surface area contributed by atoms with Gasteiger partial charge in [0.1, 0.15) is 5.75 Å². The van der Waals surface area contributed by atoms with E-state index in [9.17, 15) is 61.1 Å². The van der Waals surface area contributed by atoms with Crippen LogP contribution in [0.3, 0.4) is 0 Å². The molecule has 10 unspecified atom stereocenters. The second-order valence-electron chi connectivity index (χ2n) is 5.60.